The topological polar surface area (TPSA) is 130 Å². The summed E-state index contributed by atoms with van der Waals surface area (Å²) in [7, 11) is 1.40. The second kappa shape index (κ2) is 8.06. The smallest absolute Gasteiger partial charge is 0.326 e. The minimum Gasteiger partial charge on any atom is -0.480 e. The van der Waals surface area contributed by atoms with Crippen LogP contribution in [-0.2, 0) is 16.6 Å². The van der Waals surface area contributed by atoms with Crippen molar-refractivity contribution in [1.29, 1.82) is 0 Å². The fourth-order valence-corrected chi connectivity index (χ4v) is 1.81. The first-order valence-electron chi connectivity index (χ1n) is 7.05. The quantitative estimate of drug-likeness (QED) is 0.597. The van der Waals surface area contributed by atoms with Gasteiger partial charge in [0.1, 0.15) is 11.7 Å². The lowest BCUT2D eigenvalue weighted by atomic mass is 10.0. The van der Waals surface area contributed by atoms with Gasteiger partial charge in [-0.3, -0.25) is 14.4 Å². The molecular weight excluding hydrogens is 304 g/mol. The van der Waals surface area contributed by atoms with Crippen molar-refractivity contribution < 1.29 is 19.5 Å². The predicted octanol–water partition coefficient (Wildman–Crippen LogP) is -0.874. The van der Waals surface area contributed by atoms with Gasteiger partial charge in [0.2, 0.25) is 5.91 Å². The van der Waals surface area contributed by atoms with Crippen molar-refractivity contribution in [3.63, 3.8) is 0 Å². The second-order valence-electron chi connectivity index (χ2n) is 5.45. The SMILES string of the molecule is CC(C)C[C@H](NC(=O)CNC(=O)c1ccc(=O)n(C)n1)C(=O)O. The molecule has 1 atom stereocenters. The molecule has 2 amide bonds. The third-order valence-electron chi connectivity index (χ3n) is 2.94. The van der Waals surface area contributed by atoms with Crippen LogP contribution in [0.5, 0.6) is 0 Å². The van der Waals surface area contributed by atoms with E-state index in [-0.39, 0.29) is 30.1 Å². The summed E-state index contributed by atoms with van der Waals surface area (Å²) < 4.78 is 0.998. The number of aliphatic carboxylic acids is 1. The van der Waals surface area contributed by atoms with Crippen molar-refractivity contribution in [2.24, 2.45) is 13.0 Å². The van der Waals surface area contributed by atoms with E-state index in [1.165, 1.54) is 19.2 Å². The Kier molecular flexibility index (Phi) is 6.43. The summed E-state index contributed by atoms with van der Waals surface area (Å²) in [5.41, 5.74) is -0.380. The van der Waals surface area contributed by atoms with E-state index in [0.717, 1.165) is 4.68 Å². The van der Waals surface area contributed by atoms with Gasteiger partial charge in [-0.15, -0.1) is 0 Å². The summed E-state index contributed by atoms with van der Waals surface area (Å²) in [5.74, 6) is -2.28. The van der Waals surface area contributed by atoms with Crippen LogP contribution in [0.1, 0.15) is 30.8 Å². The van der Waals surface area contributed by atoms with Crippen molar-refractivity contribution in [2.75, 3.05) is 6.54 Å². The molecule has 0 aliphatic rings. The largest absolute Gasteiger partial charge is 0.480 e. The molecule has 126 valence electrons. The molecular formula is C14H20N4O5. The zero-order valence-corrected chi connectivity index (χ0v) is 13.2. The molecule has 1 aromatic heterocycles. The summed E-state index contributed by atoms with van der Waals surface area (Å²) >= 11 is 0. The molecule has 1 rings (SSSR count). The van der Waals surface area contributed by atoms with Crippen LogP contribution in [0.3, 0.4) is 0 Å². The van der Waals surface area contributed by atoms with E-state index in [4.69, 9.17) is 5.11 Å². The number of carbonyl (C=O) groups is 3. The van der Waals surface area contributed by atoms with Crippen molar-refractivity contribution >= 4 is 17.8 Å². The highest BCUT2D eigenvalue weighted by Crippen LogP contribution is 2.04. The van der Waals surface area contributed by atoms with Crippen LogP contribution in [0.25, 0.3) is 0 Å². The number of hydrogen-bond donors (Lipinski definition) is 3. The Balaban J connectivity index is 2.57. The van der Waals surface area contributed by atoms with Crippen molar-refractivity contribution in [3.8, 4) is 0 Å². The number of nitrogens with one attached hydrogen (secondary N) is 2. The van der Waals surface area contributed by atoms with E-state index >= 15 is 0 Å². The van der Waals surface area contributed by atoms with Gasteiger partial charge in [0.25, 0.3) is 11.5 Å². The maximum absolute atomic E-state index is 11.8. The Bertz CT molecular complexity index is 653. The molecule has 1 heterocycles. The molecule has 23 heavy (non-hydrogen) atoms. The first kappa shape index (κ1) is 18.3. The number of carbonyl (C=O) groups excluding carboxylic acids is 2. The molecule has 0 unspecified atom stereocenters. The minimum absolute atomic E-state index is 0.0168. The Morgan fingerprint density at radius 2 is 1.96 bits per heavy atom. The fourth-order valence-electron chi connectivity index (χ4n) is 1.81. The third-order valence-corrected chi connectivity index (χ3v) is 2.94. The van der Waals surface area contributed by atoms with Gasteiger partial charge in [0.05, 0.1) is 6.54 Å². The zero-order chi connectivity index (χ0) is 17.6. The van der Waals surface area contributed by atoms with Crippen molar-refractivity contribution in [1.82, 2.24) is 20.4 Å². The van der Waals surface area contributed by atoms with Gasteiger partial charge in [-0.25, -0.2) is 9.48 Å². The second-order valence-corrected chi connectivity index (χ2v) is 5.45. The average molecular weight is 324 g/mol. The van der Waals surface area contributed by atoms with Gasteiger partial charge in [-0.2, -0.15) is 5.10 Å². The van der Waals surface area contributed by atoms with E-state index in [2.05, 4.69) is 15.7 Å². The number of aryl methyl sites for hydroxylation is 1. The molecule has 0 fully saturated rings. The molecule has 1 aromatic rings. The number of hydrogen-bond acceptors (Lipinski definition) is 5. The molecule has 0 bridgehead atoms. The fraction of sp³-hybridized carbons (Fsp3) is 0.500. The van der Waals surface area contributed by atoms with E-state index in [1.807, 2.05) is 13.8 Å². The molecule has 0 aliphatic heterocycles. The molecule has 0 radical (unpaired) electrons. The lowest BCUT2D eigenvalue weighted by molar-refractivity contribution is -0.142. The first-order chi connectivity index (χ1) is 10.7. The van der Waals surface area contributed by atoms with Gasteiger partial charge in [0, 0.05) is 13.1 Å². The predicted molar refractivity (Wildman–Crippen MR) is 80.8 cm³/mol. The summed E-state index contributed by atoms with van der Waals surface area (Å²) in [6.07, 6.45) is 0.289. The number of carboxylic acids is 1. The van der Waals surface area contributed by atoms with Crippen LogP contribution in [0.4, 0.5) is 0 Å². The van der Waals surface area contributed by atoms with Gasteiger partial charge in [-0.1, -0.05) is 13.8 Å². The highest BCUT2D eigenvalue weighted by atomic mass is 16.4. The van der Waals surface area contributed by atoms with E-state index < -0.39 is 23.8 Å². The summed E-state index contributed by atoms with van der Waals surface area (Å²) in [6.45, 7) is 3.30. The Labute approximate surface area is 132 Å². The molecule has 3 N–H and O–H groups in total. The number of rotatable bonds is 7. The lowest BCUT2D eigenvalue weighted by Crippen LogP contribution is -2.46. The Morgan fingerprint density at radius 3 is 2.48 bits per heavy atom. The number of amides is 2. The molecule has 0 saturated heterocycles. The van der Waals surface area contributed by atoms with Crippen LogP contribution in [0.2, 0.25) is 0 Å². The summed E-state index contributed by atoms with van der Waals surface area (Å²) in [6, 6.07) is 1.43. The van der Waals surface area contributed by atoms with Gasteiger partial charge >= 0.3 is 5.97 Å². The van der Waals surface area contributed by atoms with Gasteiger partial charge in [0.15, 0.2) is 0 Å². The van der Waals surface area contributed by atoms with Crippen molar-refractivity contribution in [2.45, 2.75) is 26.3 Å². The average Bonchev–Trinajstić information content (AvgIpc) is 2.46. The third kappa shape index (κ3) is 5.89. The molecule has 0 aromatic carbocycles. The Hall–Kier alpha value is -2.71. The lowest BCUT2D eigenvalue weighted by Gasteiger charge is -2.16. The maximum atomic E-state index is 11.8. The van der Waals surface area contributed by atoms with E-state index in [9.17, 15) is 19.2 Å². The normalized spacial score (nSPS) is 11.8. The van der Waals surface area contributed by atoms with Crippen LogP contribution in [0.15, 0.2) is 16.9 Å². The highest BCUT2D eigenvalue weighted by Gasteiger charge is 2.21. The van der Waals surface area contributed by atoms with Crippen LogP contribution in [0, 0.1) is 5.92 Å². The van der Waals surface area contributed by atoms with Gasteiger partial charge in [-0.05, 0) is 18.4 Å². The molecule has 9 nitrogen and oxygen atoms in total. The molecule has 0 spiro atoms. The minimum atomic E-state index is -1.13. The van der Waals surface area contributed by atoms with Crippen LogP contribution in [-0.4, -0.2) is 45.3 Å². The van der Waals surface area contributed by atoms with Crippen molar-refractivity contribution in [3.05, 3.63) is 28.2 Å². The molecule has 0 saturated carbocycles. The zero-order valence-electron chi connectivity index (χ0n) is 13.2. The van der Waals surface area contributed by atoms with Gasteiger partial charge < -0.3 is 15.7 Å². The summed E-state index contributed by atoms with van der Waals surface area (Å²) in [4.78, 5) is 45.8. The van der Waals surface area contributed by atoms with E-state index in [0.29, 0.717) is 0 Å². The standard InChI is InChI=1S/C14H20N4O5/c1-8(2)6-10(14(22)23)16-11(19)7-15-13(21)9-4-5-12(20)18(3)17-9/h4-5,8,10H,6-7H2,1-3H3,(H,15,21)(H,16,19)(H,22,23)/t10-/m0/s1. The van der Waals surface area contributed by atoms with Crippen LogP contribution < -0.4 is 16.2 Å². The number of carboxylic acid groups (broad SMARTS) is 1. The highest BCUT2D eigenvalue weighted by molar-refractivity contribution is 5.95. The maximum Gasteiger partial charge on any atom is 0.326 e. The molecule has 0 aliphatic carbocycles. The Morgan fingerprint density at radius 1 is 1.30 bits per heavy atom. The number of aromatic nitrogens is 2. The summed E-state index contributed by atoms with van der Waals surface area (Å²) in [5, 5.41) is 17.5. The van der Waals surface area contributed by atoms with E-state index in [1.54, 1.807) is 0 Å². The number of nitrogens with zero attached hydrogens (tertiary/aromatic N) is 2. The monoisotopic (exact) mass is 324 g/mol. The van der Waals surface area contributed by atoms with Crippen LogP contribution >= 0.6 is 0 Å². The molecule has 9 heteroatoms. The first-order valence-corrected chi connectivity index (χ1v) is 7.05.